The molecule has 5 aromatic rings. The van der Waals surface area contributed by atoms with E-state index in [9.17, 15) is 14.4 Å². The van der Waals surface area contributed by atoms with Gasteiger partial charge in [-0.15, -0.1) is 11.8 Å². The van der Waals surface area contributed by atoms with Crippen LogP contribution in [0.25, 0.3) is 16.8 Å². The van der Waals surface area contributed by atoms with E-state index in [1.807, 2.05) is 54.6 Å². The predicted molar refractivity (Wildman–Crippen MR) is 180 cm³/mol. The number of fused-ring (bicyclic) bond motifs is 1. The zero-order valence-corrected chi connectivity index (χ0v) is 25.5. The van der Waals surface area contributed by atoms with Crippen molar-refractivity contribution in [3.8, 4) is 11.5 Å². The molecule has 0 fully saturated rings. The fourth-order valence-electron chi connectivity index (χ4n) is 4.57. The van der Waals surface area contributed by atoms with Gasteiger partial charge in [0.15, 0.2) is 0 Å². The Hall–Kier alpha value is -5.54. The van der Waals surface area contributed by atoms with Crippen molar-refractivity contribution in [2.75, 3.05) is 30.6 Å². The number of hydrogen-bond donors (Lipinski definition) is 3. The number of carbonyl (C=O) groups excluding carboxylic acids is 3. The lowest BCUT2D eigenvalue weighted by Gasteiger charge is -2.13. The molecule has 0 heterocycles. The van der Waals surface area contributed by atoms with Crippen LogP contribution in [0, 0.1) is 0 Å². The summed E-state index contributed by atoms with van der Waals surface area (Å²) in [5, 5.41) is 10.5. The molecular weight excluding hydrogens is 586 g/mol. The van der Waals surface area contributed by atoms with Crippen LogP contribution in [0.1, 0.15) is 15.9 Å². The average molecular weight is 618 g/mol. The molecule has 0 spiro atoms. The Morgan fingerprint density at radius 3 is 2.31 bits per heavy atom. The van der Waals surface area contributed by atoms with Crippen molar-refractivity contribution in [3.05, 3.63) is 132 Å². The van der Waals surface area contributed by atoms with Crippen LogP contribution in [0.15, 0.2) is 126 Å². The van der Waals surface area contributed by atoms with Crippen molar-refractivity contribution in [1.82, 2.24) is 5.32 Å². The van der Waals surface area contributed by atoms with Gasteiger partial charge < -0.3 is 25.4 Å². The van der Waals surface area contributed by atoms with Crippen molar-refractivity contribution in [3.63, 3.8) is 0 Å². The van der Waals surface area contributed by atoms with Gasteiger partial charge in [-0.1, -0.05) is 66.7 Å². The summed E-state index contributed by atoms with van der Waals surface area (Å²) in [5.41, 5.74) is 2.35. The van der Waals surface area contributed by atoms with Gasteiger partial charge in [0.1, 0.15) is 17.2 Å². The maximum absolute atomic E-state index is 13.6. The summed E-state index contributed by atoms with van der Waals surface area (Å²) >= 11 is 1.32. The lowest BCUT2D eigenvalue weighted by Crippen LogP contribution is -2.30. The fourth-order valence-corrected chi connectivity index (χ4v) is 5.33. The Morgan fingerprint density at radius 2 is 1.51 bits per heavy atom. The Balaban J connectivity index is 1.31. The maximum Gasteiger partial charge on any atom is 0.272 e. The number of rotatable bonds is 11. The molecule has 226 valence electrons. The molecule has 0 unspecified atom stereocenters. The van der Waals surface area contributed by atoms with Crippen LogP contribution >= 0.6 is 11.8 Å². The average Bonchev–Trinajstić information content (AvgIpc) is 3.08. The number of benzene rings is 5. The summed E-state index contributed by atoms with van der Waals surface area (Å²) in [7, 11) is 3.08. The summed E-state index contributed by atoms with van der Waals surface area (Å²) in [4.78, 5) is 40.2. The first-order valence-corrected chi connectivity index (χ1v) is 15.0. The van der Waals surface area contributed by atoms with E-state index in [0.717, 1.165) is 21.2 Å². The molecule has 0 aromatic heterocycles. The van der Waals surface area contributed by atoms with Crippen LogP contribution in [0.3, 0.4) is 0 Å². The molecule has 0 saturated heterocycles. The predicted octanol–water partition coefficient (Wildman–Crippen LogP) is 7.00. The van der Waals surface area contributed by atoms with Crippen molar-refractivity contribution < 1.29 is 23.9 Å². The summed E-state index contributed by atoms with van der Waals surface area (Å²) in [6.07, 6.45) is 1.68. The zero-order valence-electron chi connectivity index (χ0n) is 24.7. The normalized spacial score (nSPS) is 11.0. The molecule has 3 amide bonds. The molecule has 45 heavy (non-hydrogen) atoms. The number of thioether (sulfide) groups is 1. The van der Waals surface area contributed by atoms with Crippen LogP contribution < -0.4 is 25.4 Å². The monoisotopic (exact) mass is 617 g/mol. The van der Waals surface area contributed by atoms with E-state index >= 15 is 0 Å². The standard InChI is InChI=1S/C36H31N3O5S/c1-43-28-18-19-31(33(22-28)44-2)38-34(40)23-45-29-16-9-15-27(21-29)37-36(42)32(39-35(41)25-11-4-3-5-12-25)20-26-14-8-13-24-10-6-7-17-30(24)26/h3-22H,23H2,1-2H3,(H,37,42)(H,38,40)(H,39,41)/b32-20+. The molecule has 0 saturated carbocycles. The first-order chi connectivity index (χ1) is 21.9. The number of carbonyl (C=O) groups is 3. The van der Waals surface area contributed by atoms with Crippen molar-refractivity contribution in [1.29, 1.82) is 0 Å². The van der Waals surface area contributed by atoms with Gasteiger partial charge in [-0.05, 0) is 64.9 Å². The molecule has 0 bridgehead atoms. The topological polar surface area (TPSA) is 106 Å². The third-order valence-electron chi connectivity index (χ3n) is 6.80. The van der Waals surface area contributed by atoms with Crippen LogP contribution in [-0.4, -0.2) is 37.7 Å². The second kappa shape index (κ2) is 14.8. The third-order valence-corrected chi connectivity index (χ3v) is 7.79. The second-order valence-corrected chi connectivity index (χ2v) is 10.9. The van der Waals surface area contributed by atoms with Gasteiger partial charge in [-0.2, -0.15) is 0 Å². The summed E-state index contributed by atoms with van der Waals surface area (Å²) < 4.78 is 10.6. The number of methoxy groups -OCH3 is 2. The molecule has 5 aromatic carbocycles. The van der Waals surface area contributed by atoms with E-state index in [-0.39, 0.29) is 17.4 Å². The highest BCUT2D eigenvalue weighted by molar-refractivity contribution is 8.00. The van der Waals surface area contributed by atoms with E-state index in [0.29, 0.717) is 28.4 Å². The fraction of sp³-hybridized carbons (Fsp3) is 0.0833. The molecular formula is C36H31N3O5S. The van der Waals surface area contributed by atoms with Crippen LogP contribution in [0.5, 0.6) is 11.5 Å². The number of hydrogen-bond acceptors (Lipinski definition) is 6. The second-order valence-electron chi connectivity index (χ2n) is 9.83. The molecule has 0 aliphatic carbocycles. The highest BCUT2D eigenvalue weighted by Crippen LogP contribution is 2.30. The van der Waals surface area contributed by atoms with Crippen LogP contribution in [0.4, 0.5) is 11.4 Å². The number of anilines is 2. The Labute approximate surface area is 265 Å². The van der Waals surface area contributed by atoms with Crippen molar-refractivity contribution in [2.24, 2.45) is 0 Å². The summed E-state index contributed by atoms with van der Waals surface area (Å²) in [5.74, 6) is 0.130. The van der Waals surface area contributed by atoms with Crippen molar-refractivity contribution in [2.45, 2.75) is 4.90 Å². The first-order valence-electron chi connectivity index (χ1n) is 14.1. The Bertz CT molecular complexity index is 1870. The molecule has 0 atom stereocenters. The lowest BCUT2D eigenvalue weighted by molar-refractivity contribution is -0.114. The minimum atomic E-state index is -0.487. The minimum absolute atomic E-state index is 0.0890. The zero-order chi connectivity index (χ0) is 31.6. The number of amides is 3. The van der Waals surface area contributed by atoms with E-state index < -0.39 is 11.8 Å². The molecule has 9 heteroatoms. The number of ether oxygens (including phenoxy) is 2. The first kappa shape index (κ1) is 30.9. The van der Waals surface area contributed by atoms with Crippen LogP contribution in [0.2, 0.25) is 0 Å². The molecule has 0 aliphatic rings. The van der Waals surface area contributed by atoms with E-state index in [1.165, 1.54) is 18.9 Å². The SMILES string of the molecule is COc1ccc(NC(=O)CSc2cccc(NC(=O)/C(=C\c3cccc4ccccc34)NC(=O)c3ccccc3)c2)c(OC)c1. The number of nitrogens with one attached hydrogen (secondary N) is 3. The van der Waals surface area contributed by atoms with E-state index in [4.69, 9.17) is 9.47 Å². The largest absolute Gasteiger partial charge is 0.497 e. The van der Waals surface area contributed by atoms with Crippen LogP contribution in [-0.2, 0) is 9.59 Å². The smallest absolute Gasteiger partial charge is 0.272 e. The summed E-state index contributed by atoms with van der Waals surface area (Å²) in [6, 6.07) is 34.7. The van der Waals surface area contributed by atoms with E-state index in [1.54, 1.807) is 73.8 Å². The quantitative estimate of drug-likeness (QED) is 0.109. The molecule has 3 N–H and O–H groups in total. The minimum Gasteiger partial charge on any atom is -0.497 e. The van der Waals surface area contributed by atoms with Gasteiger partial charge in [-0.25, -0.2) is 0 Å². The van der Waals surface area contributed by atoms with Gasteiger partial charge in [-0.3, -0.25) is 14.4 Å². The van der Waals surface area contributed by atoms with Gasteiger partial charge >= 0.3 is 0 Å². The van der Waals surface area contributed by atoms with Gasteiger partial charge in [0.2, 0.25) is 5.91 Å². The molecule has 0 radical (unpaired) electrons. The van der Waals surface area contributed by atoms with Gasteiger partial charge in [0, 0.05) is 22.2 Å². The van der Waals surface area contributed by atoms with E-state index in [2.05, 4.69) is 16.0 Å². The molecule has 8 nitrogen and oxygen atoms in total. The highest BCUT2D eigenvalue weighted by atomic mass is 32.2. The maximum atomic E-state index is 13.6. The third kappa shape index (κ3) is 8.10. The highest BCUT2D eigenvalue weighted by Gasteiger charge is 2.16. The van der Waals surface area contributed by atoms with Gasteiger partial charge in [0.05, 0.1) is 25.7 Å². The Morgan fingerprint density at radius 1 is 0.756 bits per heavy atom. The summed E-state index contributed by atoms with van der Waals surface area (Å²) in [6.45, 7) is 0. The molecule has 0 aliphatic heterocycles. The lowest BCUT2D eigenvalue weighted by atomic mass is 10.0. The molecule has 5 rings (SSSR count). The Kier molecular flexibility index (Phi) is 10.1. The van der Waals surface area contributed by atoms with Crippen molar-refractivity contribution >= 4 is 57.7 Å². The van der Waals surface area contributed by atoms with Gasteiger partial charge in [0.25, 0.3) is 11.8 Å².